The summed E-state index contributed by atoms with van der Waals surface area (Å²) in [6.07, 6.45) is 5.55. The van der Waals surface area contributed by atoms with Crippen molar-refractivity contribution in [3.63, 3.8) is 0 Å². The van der Waals surface area contributed by atoms with E-state index in [1.54, 1.807) is 0 Å². The first kappa shape index (κ1) is 9.90. The van der Waals surface area contributed by atoms with E-state index >= 15 is 0 Å². The second-order valence-electron chi connectivity index (χ2n) is 3.37. The Kier molecular flexibility index (Phi) is 3.92. The molecule has 12 heavy (non-hydrogen) atoms. The second kappa shape index (κ2) is 4.75. The van der Waals surface area contributed by atoms with E-state index in [-0.39, 0.29) is 0 Å². The molecule has 0 aromatic heterocycles. The average Bonchev–Trinajstić information content (AvgIpc) is 2.47. The minimum absolute atomic E-state index is 0.735. The van der Waals surface area contributed by atoms with E-state index in [4.69, 9.17) is 5.41 Å². The predicted molar refractivity (Wildman–Crippen MR) is 56.1 cm³/mol. The molecule has 1 fully saturated rings. The zero-order valence-electron chi connectivity index (χ0n) is 7.97. The monoisotopic (exact) mass is 186 g/mol. The number of likely N-dealkylation sites (tertiary alicyclic amines) is 1. The van der Waals surface area contributed by atoms with Gasteiger partial charge in [0.05, 0.1) is 5.84 Å². The molecule has 0 amide bonds. The highest BCUT2D eigenvalue weighted by atomic mass is 32.2. The van der Waals surface area contributed by atoms with Crippen molar-refractivity contribution in [3.05, 3.63) is 0 Å². The molecule has 0 aliphatic carbocycles. The van der Waals surface area contributed by atoms with E-state index in [2.05, 4.69) is 18.1 Å². The van der Waals surface area contributed by atoms with Crippen molar-refractivity contribution in [2.75, 3.05) is 19.3 Å². The Bertz CT molecular complexity index is 159. The maximum Gasteiger partial charge on any atom is 0.0958 e. The number of thioether (sulfide) groups is 1. The zero-order valence-corrected chi connectivity index (χ0v) is 8.78. The van der Waals surface area contributed by atoms with E-state index in [1.165, 1.54) is 12.8 Å². The Morgan fingerprint density at radius 1 is 1.67 bits per heavy atom. The molecule has 2 nitrogen and oxygen atoms in total. The van der Waals surface area contributed by atoms with Gasteiger partial charge in [-0.1, -0.05) is 6.92 Å². The van der Waals surface area contributed by atoms with Crippen LogP contribution in [0.2, 0.25) is 0 Å². The minimum atomic E-state index is 0.735. The van der Waals surface area contributed by atoms with Gasteiger partial charge in [-0.3, -0.25) is 5.41 Å². The Morgan fingerprint density at radius 3 is 2.92 bits per heavy atom. The quantitative estimate of drug-likeness (QED) is 0.728. The maximum atomic E-state index is 7.63. The molecule has 1 aliphatic rings. The van der Waals surface area contributed by atoms with Crippen molar-refractivity contribution in [2.24, 2.45) is 0 Å². The van der Waals surface area contributed by atoms with E-state index < -0.39 is 0 Å². The van der Waals surface area contributed by atoms with Gasteiger partial charge in [0.25, 0.3) is 0 Å². The number of amidine groups is 1. The third kappa shape index (κ3) is 2.70. The molecule has 0 aromatic carbocycles. The fourth-order valence-corrected chi connectivity index (χ4v) is 1.77. The van der Waals surface area contributed by atoms with Gasteiger partial charge < -0.3 is 4.90 Å². The molecule has 1 rings (SSSR count). The van der Waals surface area contributed by atoms with E-state index in [9.17, 15) is 0 Å². The smallest absolute Gasteiger partial charge is 0.0958 e. The van der Waals surface area contributed by atoms with Crippen LogP contribution in [0.5, 0.6) is 0 Å². The molecule has 0 saturated carbocycles. The maximum absolute atomic E-state index is 7.63. The van der Waals surface area contributed by atoms with Gasteiger partial charge in [-0.2, -0.15) is 11.8 Å². The third-order valence-corrected chi connectivity index (χ3v) is 3.47. The lowest BCUT2D eigenvalue weighted by molar-refractivity contribution is 0.440. The summed E-state index contributed by atoms with van der Waals surface area (Å²) < 4.78 is 0. The lowest BCUT2D eigenvalue weighted by Crippen LogP contribution is -2.26. The topological polar surface area (TPSA) is 27.1 Å². The summed E-state index contributed by atoms with van der Waals surface area (Å²) in [5.74, 6) is 0.850. The number of rotatable bonds is 4. The van der Waals surface area contributed by atoms with E-state index in [1.807, 2.05) is 11.8 Å². The summed E-state index contributed by atoms with van der Waals surface area (Å²) in [7, 11) is 0. The molecule has 1 unspecified atom stereocenters. The van der Waals surface area contributed by atoms with Crippen LogP contribution in [-0.4, -0.2) is 35.3 Å². The van der Waals surface area contributed by atoms with Gasteiger partial charge in [0.1, 0.15) is 0 Å². The summed E-state index contributed by atoms with van der Waals surface area (Å²) >= 11 is 1.91. The Morgan fingerprint density at radius 2 is 2.42 bits per heavy atom. The normalized spacial score (nSPS) is 20.2. The number of hydrogen-bond donors (Lipinski definition) is 1. The van der Waals surface area contributed by atoms with Crippen LogP contribution in [0.1, 0.15) is 26.2 Å². The first-order valence-corrected chi connectivity index (χ1v) is 5.88. The summed E-state index contributed by atoms with van der Waals surface area (Å²) in [5.41, 5.74) is 0. The molecular formula is C9H18N2S. The highest BCUT2D eigenvalue weighted by Gasteiger charge is 2.16. The summed E-state index contributed by atoms with van der Waals surface area (Å²) in [6, 6.07) is 0. The van der Waals surface area contributed by atoms with Gasteiger partial charge in [-0.15, -0.1) is 0 Å². The van der Waals surface area contributed by atoms with Gasteiger partial charge in [-0.25, -0.2) is 0 Å². The van der Waals surface area contributed by atoms with Crippen molar-refractivity contribution in [2.45, 2.75) is 31.4 Å². The first-order valence-electron chi connectivity index (χ1n) is 4.59. The molecule has 1 saturated heterocycles. The molecule has 70 valence electrons. The second-order valence-corrected chi connectivity index (χ2v) is 4.65. The van der Waals surface area contributed by atoms with Crippen LogP contribution in [0, 0.1) is 5.41 Å². The number of hydrogen-bond acceptors (Lipinski definition) is 2. The molecule has 0 aromatic rings. The van der Waals surface area contributed by atoms with Gasteiger partial charge in [-0.05, 0) is 19.1 Å². The van der Waals surface area contributed by atoms with Crippen LogP contribution in [0.15, 0.2) is 0 Å². The summed E-state index contributed by atoms with van der Waals surface area (Å²) in [6.45, 7) is 4.45. The molecule has 1 heterocycles. The van der Waals surface area contributed by atoms with Crippen LogP contribution in [0.3, 0.4) is 0 Å². The lowest BCUT2D eigenvalue weighted by atomic mass is 10.3. The Labute approximate surface area is 79.2 Å². The lowest BCUT2D eigenvalue weighted by Gasteiger charge is -2.19. The highest BCUT2D eigenvalue weighted by Crippen LogP contribution is 2.14. The zero-order chi connectivity index (χ0) is 8.97. The van der Waals surface area contributed by atoms with Crippen LogP contribution in [0.25, 0.3) is 0 Å². The molecular weight excluding hydrogens is 168 g/mol. The van der Waals surface area contributed by atoms with Crippen molar-refractivity contribution in [1.29, 1.82) is 5.41 Å². The van der Waals surface area contributed by atoms with Crippen molar-refractivity contribution < 1.29 is 0 Å². The molecule has 0 spiro atoms. The highest BCUT2D eigenvalue weighted by molar-refractivity contribution is 7.99. The van der Waals surface area contributed by atoms with Gasteiger partial charge >= 0.3 is 0 Å². The van der Waals surface area contributed by atoms with E-state index in [0.717, 1.165) is 30.6 Å². The van der Waals surface area contributed by atoms with Gasteiger partial charge in [0.15, 0.2) is 0 Å². The van der Waals surface area contributed by atoms with Crippen molar-refractivity contribution in [3.8, 4) is 0 Å². The molecule has 1 aliphatic heterocycles. The third-order valence-electron chi connectivity index (χ3n) is 2.43. The molecule has 0 bridgehead atoms. The van der Waals surface area contributed by atoms with Crippen LogP contribution in [-0.2, 0) is 0 Å². The minimum Gasteiger partial charge on any atom is -0.361 e. The van der Waals surface area contributed by atoms with Crippen LogP contribution in [0.4, 0.5) is 0 Å². The number of nitrogens with zero attached hydrogens (tertiary/aromatic N) is 1. The molecule has 1 atom stereocenters. The van der Waals surface area contributed by atoms with Crippen LogP contribution >= 0.6 is 11.8 Å². The summed E-state index contributed by atoms with van der Waals surface area (Å²) in [4.78, 5) is 2.22. The van der Waals surface area contributed by atoms with Gasteiger partial charge in [0, 0.05) is 24.8 Å². The fraction of sp³-hybridized carbons (Fsp3) is 0.889. The average molecular weight is 186 g/mol. The summed E-state index contributed by atoms with van der Waals surface area (Å²) in [5, 5.41) is 8.36. The molecule has 0 radical (unpaired) electrons. The SMILES string of the molecule is CSC(C)CCN1CCCC1=N. The largest absolute Gasteiger partial charge is 0.361 e. The van der Waals surface area contributed by atoms with E-state index in [0.29, 0.717) is 0 Å². The standard InChI is InChI=1S/C9H18N2S/c1-8(12-2)5-7-11-6-3-4-9(11)10/h8,10H,3-7H2,1-2H3. The molecule has 1 N–H and O–H groups in total. The Balaban J connectivity index is 2.18. The first-order chi connectivity index (χ1) is 5.74. The predicted octanol–water partition coefficient (Wildman–Crippen LogP) is 2.20. The fourth-order valence-electron chi connectivity index (χ4n) is 1.43. The number of nitrogens with one attached hydrogen (secondary N) is 1. The van der Waals surface area contributed by atoms with Crippen molar-refractivity contribution >= 4 is 17.6 Å². The van der Waals surface area contributed by atoms with Gasteiger partial charge in [0.2, 0.25) is 0 Å². The van der Waals surface area contributed by atoms with Crippen molar-refractivity contribution in [1.82, 2.24) is 4.90 Å². The Hall–Kier alpha value is -0.180. The van der Waals surface area contributed by atoms with Crippen LogP contribution < -0.4 is 0 Å². The molecule has 3 heteroatoms.